The molecule has 7 heteroatoms. The van der Waals surface area contributed by atoms with Gasteiger partial charge in [0.05, 0.1) is 10.6 Å². The SMILES string of the molecule is CCC(C)Oc1c(Br)csc1C(=O)N1C2CCC1CC(c1cc(CN)ccc1F)C2. The Morgan fingerprint density at radius 3 is 2.70 bits per heavy atom. The Balaban J connectivity index is 1.56. The average Bonchev–Trinajstić information content (AvgIpc) is 3.23. The quantitative estimate of drug-likeness (QED) is 0.548. The fraction of sp³-hybridized carbons (Fsp3) is 0.522. The highest BCUT2D eigenvalue weighted by Crippen LogP contribution is 2.46. The number of amides is 1. The first kappa shape index (κ1) is 21.8. The zero-order chi connectivity index (χ0) is 21.4. The molecule has 1 aromatic carbocycles. The lowest BCUT2D eigenvalue weighted by atomic mass is 9.84. The third-order valence-electron chi connectivity index (χ3n) is 6.50. The Hall–Kier alpha value is -1.44. The summed E-state index contributed by atoms with van der Waals surface area (Å²) >= 11 is 4.97. The zero-order valence-corrected chi connectivity index (χ0v) is 19.8. The Morgan fingerprint density at radius 2 is 2.07 bits per heavy atom. The van der Waals surface area contributed by atoms with Crippen molar-refractivity contribution in [3.8, 4) is 5.75 Å². The van der Waals surface area contributed by atoms with Crippen LogP contribution in [0.5, 0.6) is 5.75 Å². The third-order valence-corrected chi connectivity index (χ3v) is 8.34. The smallest absolute Gasteiger partial charge is 0.268 e. The predicted molar refractivity (Wildman–Crippen MR) is 122 cm³/mol. The standard InChI is InChI=1S/C23H28BrFN2O2S/c1-3-13(2)29-21-19(24)12-30-22(21)23(28)27-16-5-6-17(27)10-15(9-16)18-8-14(11-26)4-7-20(18)25/h4,7-8,12-13,15-17H,3,5-6,9-11,26H2,1-2H3. The number of hydrogen-bond acceptors (Lipinski definition) is 4. The molecule has 2 saturated heterocycles. The van der Waals surface area contributed by atoms with Gasteiger partial charge in [-0.15, -0.1) is 11.3 Å². The summed E-state index contributed by atoms with van der Waals surface area (Å²) in [6, 6.07) is 5.46. The molecule has 0 radical (unpaired) electrons. The predicted octanol–water partition coefficient (Wildman–Crippen LogP) is 5.84. The molecule has 1 amide bonds. The van der Waals surface area contributed by atoms with E-state index in [9.17, 15) is 9.18 Å². The van der Waals surface area contributed by atoms with Crippen LogP contribution in [-0.2, 0) is 6.54 Å². The molecule has 2 fully saturated rings. The maximum atomic E-state index is 14.6. The Bertz CT molecular complexity index is 920. The molecule has 0 aliphatic carbocycles. The highest BCUT2D eigenvalue weighted by Gasteiger charge is 2.45. The molecule has 30 heavy (non-hydrogen) atoms. The van der Waals surface area contributed by atoms with Crippen molar-refractivity contribution in [3.63, 3.8) is 0 Å². The van der Waals surface area contributed by atoms with Crippen molar-refractivity contribution in [1.82, 2.24) is 4.90 Å². The summed E-state index contributed by atoms with van der Waals surface area (Å²) in [7, 11) is 0. The van der Waals surface area contributed by atoms with E-state index in [-0.39, 0.29) is 35.8 Å². The number of nitrogens with two attached hydrogens (primary N) is 1. The van der Waals surface area contributed by atoms with Crippen LogP contribution in [0.1, 0.15) is 72.7 Å². The number of piperidine rings is 1. The van der Waals surface area contributed by atoms with Crippen LogP contribution in [0.4, 0.5) is 4.39 Å². The molecule has 4 rings (SSSR count). The normalized spacial score (nSPS) is 24.2. The summed E-state index contributed by atoms with van der Waals surface area (Å²) in [5.41, 5.74) is 7.47. The molecule has 162 valence electrons. The summed E-state index contributed by atoms with van der Waals surface area (Å²) in [5.74, 6) is 0.667. The number of nitrogens with zero attached hydrogens (tertiary/aromatic N) is 1. The average molecular weight is 495 g/mol. The van der Waals surface area contributed by atoms with Crippen LogP contribution in [0.3, 0.4) is 0 Å². The lowest BCUT2D eigenvalue weighted by Gasteiger charge is -2.39. The highest BCUT2D eigenvalue weighted by atomic mass is 79.9. The van der Waals surface area contributed by atoms with E-state index in [1.807, 2.05) is 23.3 Å². The molecule has 0 spiro atoms. The van der Waals surface area contributed by atoms with Crippen molar-refractivity contribution in [2.75, 3.05) is 0 Å². The second kappa shape index (κ2) is 8.97. The molecule has 2 aromatic rings. The summed E-state index contributed by atoms with van der Waals surface area (Å²) < 4.78 is 21.4. The number of ether oxygens (including phenoxy) is 1. The van der Waals surface area contributed by atoms with Gasteiger partial charge in [-0.2, -0.15) is 0 Å². The summed E-state index contributed by atoms with van der Waals surface area (Å²) in [6.07, 6.45) is 4.45. The number of hydrogen-bond donors (Lipinski definition) is 1. The van der Waals surface area contributed by atoms with Gasteiger partial charge in [-0.05, 0) is 78.1 Å². The molecular formula is C23H28BrFN2O2S. The number of fused-ring (bicyclic) bond motifs is 2. The molecule has 3 unspecified atom stereocenters. The topological polar surface area (TPSA) is 55.6 Å². The van der Waals surface area contributed by atoms with Crippen molar-refractivity contribution in [2.24, 2.45) is 5.73 Å². The van der Waals surface area contributed by atoms with Crippen molar-refractivity contribution in [3.05, 3.63) is 49.9 Å². The van der Waals surface area contributed by atoms with Gasteiger partial charge in [0, 0.05) is 24.0 Å². The molecule has 3 atom stereocenters. The molecule has 3 heterocycles. The van der Waals surface area contributed by atoms with E-state index in [1.54, 1.807) is 6.07 Å². The van der Waals surface area contributed by atoms with Gasteiger partial charge in [0.2, 0.25) is 0 Å². The van der Waals surface area contributed by atoms with Crippen LogP contribution in [0.2, 0.25) is 0 Å². The summed E-state index contributed by atoms with van der Waals surface area (Å²) in [4.78, 5) is 16.2. The fourth-order valence-corrected chi connectivity index (χ4v) is 6.28. The molecule has 2 bridgehead atoms. The molecular weight excluding hydrogens is 467 g/mol. The first-order valence-electron chi connectivity index (χ1n) is 10.7. The van der Waals surface area contributed by atoms with E-state index < -0.39 is 0 Å². The molecule has 2 N–H and O–H groups in total. The van der Waals surface area contributed by atoms with E-state index in [2.05, 4.69) is 22.9 Å². The van der Waals surface area contributed by atoms with Crippen LogP contribution in [0.25, 0.3) is 0 Å². The van der Waals surface area contributed by atoms with Gasteiger partial charge in [-0.25, -0.2) is 4.39 Å². The van der Waals surface area contributed by atoms with Gasteiger partial charge in [0.15, 0.2) is 5.75 Å². The third kappa shape index (κ3) is 4.04. The fourth-order valence-electron chi connectivity index (χ4n) is 4.78. The number of benzene rings is 1. The largest absolute Gasteiger partial charge is 0.488 e. The van der Waals surface area contributed by atoms with Crippen LogP contribution >= 0.6 is 27.3 Å². The minimum absolute atomic E-state index is 0.0442. The summed E-state index contributed by atoms with van der Waals surface area (Å²) in [5, 5.41) is 1.92. The van der Waals surface area contributed by atoms with Crippen LogP contribution in [-0.4, -0.2) is 29.0 Å². The minimum atomic E-state index is -0.164. The number of carbonyl (C=O) groups excluding carboxylic acids is 1. The van der Waals surface area contributed by atoms with Gasteiger partial charge in [0.1, 0.15) is 10.7 Å². The van der Waals surface area contributed by atoms with E-state index in [1.165, 1.54) is 17.4 Å². The molecule has 2 aliphatic rings. The Kier molecular flexibility index (Phi) is 6.51. The van der Waals surface area contributed by atoms with Crippen molar-refractivity contribution >= 4 is 33.2 Å². The Labute approximate surface area is 189 Å². The van der Waals surface area contributed by atoms with Gasteiger partial charge in [-0.1, -0.05) is 19.1 Å². The zero-order valence-electron chi connectivity index (χ0n) is 17.4. The van der Waals surface area contributed by atoms with Crippen molar-refractivity contribution in [2.45, 2.75) is 76.6 Å². The van der Waals surface area contributed by atoms with Crippen LogP contribution < -0.4 is 10.5 Å². The molecule has 4 nitrogen and oxygen atoms in total. The maximum absolute atomic E-state index is 14.6. The highest BCUT2D eigenvalue weighted by molar-refractivity contribution is 9.10. The first-order valence-corrected chi connectivity index (χ1v) is 12.3. The first-order chi connectivity index (χ1) is 14.4. The lowest BCUT2D eigenvalue weighted by Crippen LogP contribution is -2.46. The van der Waals surface area contributed by atoms with Gasteiger partial charge < -0.3 is 15.4 Å². The maximum Gasteiger partial charge on any atom is 0.268 e. The van der Waals surface area contributed by atoms with E-state index in [0.29, 0.717) is 17.2 Å². The van der Waals surface area contributed by atoms with Crippen LogP contribution in [0.15, 0.2) is 28.1 Å². The number of thiophene rings is 1. The van der Waals surface area contributed by atoms with Gasteiger partial charge >= 0.3 is 0 Å². The second-order valence-electron chi connectivity index (χ2n) is 8.40. The number of rotatable bonds is 6. The van der Waals surface area contributed by atoms with E-state index >= 15 is 0 Å². The Morgan fingerprint density at radius 1 is 1.37 bits per heavy atom. The monoisotopic (exact) mass is 494 g/mol. The number of halogens is 2. The van der Waals surface area contributed by atoms with E-state index in [4.69, 9.17) is 10.5 Å². The molecule has 0 saturated carbocycles. The van der Waals surface area contributed by atoms with Gasteiger partial charge in [-0.3, -0.25) is 4.79 Å². The van der Waals surface area contributed by atoms with Crippen LogP contribution in [0, 0.1) is 5.82 Å². The van der Waals surface area contributed by atoms with Crippen molar-refractivity contribution < 1.29 is 13.9 Å². The van der Waals surface area contributed by atoms with E-state index in [0.717, 1.165) is 47.7 Å². The van der Waals surface area contributed by atoms with Gasteiger partial charge in [0.25, 0.3) is 5.91 Å². The molecule has 1 aromatic heterocycles. The lowest BCUT2D eigenvalue weighted by molar-refractivity contribution is 0.0569. The molecule has 2 aliphatic heterocycles. The second-order valence-corrected chi connectivity index (χ2v) is 10.1. The van der Waals surface area contributed by atoms with Crippen molar-refractivity contribution in [1.29, 1.82) is 0 Å². The summed E-state index contributed by atoms with van der Waals surface area (Å²) in [6.45, 7) is 4.48. The minimum Gasteiger partial charge on any atom is -0.488 e. The number of carbonyl (C=O) groups is 1.